The van der Waals surface area contributed by atoms with Gasteiger partial charge >= 0.3 is 13.8 Å². The summed E-state index contributed by atoms with van der Waals surface area (Å²) in [5.41, 5.74) is -8.63. The van der Waals surface area contributed by atoms with Crippen molar-refractivity contribution >= 4 is 13.8 Å². The van der Waals surface area contributed by atoms with Crippen LogP contribution in [0, 0.1) is 17.8 Å². The first-order valence-corrected chi connectivity index (χ1v) is 27.7. The van der Waals surface area contributed by atoms with E-state index in [-0.39, 0.29) is 31.2 Å². The van der Waals surface area contributed by atoms with Gasteiger partial charge in [0.15, 0.2) is 6.10 Å². The monoisotopic (exact) mass is 1060 g/mol. The van der Waals surface area contributed by atoms with Gasteiger partial charge in [0.1, 0.15) is 46.6 Å². The van der Waals surface area contributed by atoms with E-state index in [4.69, 9.17) is 32.5 Å². The first-order chi connectivity index (χ1) is 36.5. The predicted molar refractivity (Wildman–Crippen MR) is 289 cm³/mol. The summed E-state index contributed by atoms with van der Waals surface area (Å²) in [4.78, 5) is 15.0. The van der Waals surface area contributed by atoms with Crippen molar-refractivity contribution in [2.45, 2.75) is 120 Å². The molecule has 0 aliphatic heterocycles. The van der Waals surface area contributed by atoms with Crippen molar-refractivity contribution < 1.29 is 62.3 Å². The number of ether oxygens (including phenoxy) is 4. The number of aliphatic hydroxyl groups is 4. The Morgan fingerprint density at radius 1 is 0.553 bits per heavy atom. The lowest BCUT2D eigenvalue weighted by Gasteiger charge is -2.66. The van der Waals surface area contributed by atoms with Crippen LogP contribution in [0.1, 0.15) is 73.4 Å². The van der Waals surface area contributed by atoms with Crippen LogP contribution in [0.3, 0.4) is 0 Å². The molecule has 2 aliphatic rings. The first kappa shape index (κ1) is 56.5. The number of esters is 1. The second-order valence-electron chi connectivity index (χ2n) is 21.0. The van der Waals surface area contributed by atoms with E-state index in [9.17, 15) is 20.4 Å². The molecule has 13 nitrogen and oxygen atoms in total. The molecule has 0 spiro atoms. The van der Waals surface area contributed by atoms with Crippen LogP contribution in [0.5, 0.6) is 11.5 Å². The third kappa shape index (κ3) is 12.7. The number of methoxy groups -OCH3 is 2. The molecule has 0 aromatic heterocycles. The zero-order valence-corrected chi connectivity index (χ0v) is 45.0. The summed E-state index contributed by atoms with van der Waals surface area (Å²) in [7, 11) is -2.03. The highest BCUT2D eigenvalue weighted by Crippen LogP contribution is 2.62. The Morgan fingerprint density at radius 3 is 1.36 bits per heavy atom. The van der Waals surface area contributed by atoms with Gasteiger partial charge < -0.3 is 39.4 Å². The minimum atomic E-state index is -5.07. The van der Waals surface area contributed by atoms with Gasteiger partial charge in [-0.3, -0.25) is 13.6 Å². The van der Waals surface area contributed by atoms with Gasteiger partial charge in [-0.25, -0.2) is 9.36 Å². The molecular weight excluding hydrogens is 984 g/mol. The van der Waals surface area contributed by atoms with E-state index >= 15 is 9.36 Å². The standard InChI is InChI=1S/C62H73O13P/c1-44(2)54-35-26-45(3)36-55(54)71-43-56(63)74-57-58(75-76(68,72-41-50-22-14-8-15-23-50)73-42-51-24-16-9-17-25-51)60(65,38-47-20-12-7-13-21-47)62(67,40-49-29-33-53(70-5)34-30-49)61(66,39-48-27-31-52(69-4)32-28-48)59(57,64)37-46-18-10-6-11-19-46/h6-25,27-34,44-45,54-55,57-58,64-67H,26,35-43H2,1-5H3/t45?,54?,55?,57-,58+,59+,60+,61-,62-/m0/s1. The molecule has 8 rings (SSSR count). The Hall–Kier alpha value is -5.70. The predicted octanol–water partition coefficient (Wildman–Crippen LogP) is 10.2. The van der Waals surface area contributed by atoms with E-state index in [1.165, 1.54) is 14.2 Å². The summed E-state index contributed by atoms with van der Waals surface area (Å²) in [6.45, 7) is 5.22. The number of hydrogen-bond acceptors (Lipinski definition) is 13. The van der Waals surface area contributed by atoms with Crippen LogP contribution in [0.25, 0.3) is 0 Å². The van der Waals surface area contributed by atoms with Crippen molar-refractivity contribution in [3.63, 3.8) is 0 Å². The van der Waals surface area contributed by atoms with Crippen molar-refractivity contribution in [1.82, 2.24) is 0 Å². The first-order valence-electron chi connectivity index (χ1n) is 26.2. The molecule has 6 aromatic rings. The SMILES string of the molecule is COc1ccc(C[C@@]2(O)[C@](O)(Cc3ccc(OC)cc3)[C@@](O)(Cc3ccccc3)[C@@H](OC(=O)COC3CC(C)CCC3C(C)C)[C@@H](OP(=O)(OCc3ccccc3)OCc3ccccc3)[C@]2(O)Cc2ccccc2)cc1. The minimum absolute atomic E-state index is 0.151. The number of hydrogen-bond donors (Lipinski definition) is 4. The fraction of sp³-hybridized carbons (Fsp3) is 0.403. The molecule has 14 heteroatoms. The average Bonchev–Trinajstić information content (AvgIpc) is 3.61. The van der Waals surface area contributed by atoms with Crippen molar-refractivity contribution in [3.05, 3.63) is 203 Å². The minimum Gasteiger partial charge on any atom is -0.497 e. The number of phosphoric acid groups is 1. The molecule has 0 bridgehead atoms. The lowest BCUT2D eigenvalue weighted by molar-refractivity contribution is -0.378. The lowest BCUT2D eigenvalue weighted by Crippen LogP contribution is -2.89. The van der Waals surface area contributed by atoms with E-state index in [1.807, 2.05) is 12.1 Å². The maximum absolute atomic E-state index is 16.0. The van der Waals surface area contributed by atoms with Gasteiger partial charge in [0.2, 0.25) is 0 Å². The van der Waals surface area contributed by atoms with Crippen molar-refractivity contribution in [1.29, 1.82) is 0 Å². The average molecular weight is 1060 g/mol. The number of carbonyl (C=O) groups excluding carboxylic acids is 1. The summed E-state index contributed by atoms with van der Waals surface area (Å²) in [6, 6.07) is 48.7. The van der Waals surface area contributed by atoms with Crippen molar-refractivity contribution in [3.8, 4) is 11.5 Å². The molecule has 0 amide bonds. The Labute approximate surface area is 447 Å². The van der Waals surface area contributed by atoms with Gasteiger partial charge in [-0.2, -0.15) is 0 Å². The van der Waals surface area contributed by atoms with E-state index in [1.54, 1.807) is 158 Å². The van der Waals surface area contributed by atoms with Crippen LogP contribution in [0.4, 0.5) is 0 Å². The van der Waals surface area contributed by atoms with Gasteiger partial charge in [-0.05, 0) is 88.2 Å². The normalized spacial score (nSPS) is 26.7. The quantitative estimate of drug-likeness (QED) is 0.0352. The number of carbonyl (C=O) groups is 1. The van der Waals surface area contributed by atoms with Gasteiger partial charge in [-0.15, -0.1) is 0 Å². The molecular formula is C62H73O13P. The van der Waals surface area contributed by atoms with Gasteiger partial charge in [0, 0.05) is 25.7 Å². The number of phosphoric ester groups is 1. The zero-order chi connectivity index (χ0) is 54.0. The molecule has 6 aromatic carbocycles. The molecule has 0 saturated heterocycles. The van der Waals surface area contributed by atoms with Crippen molar-refractivity contribution in [2.24, 2.45) is 17.8 Å². The summed E-state index contributed by atoms with van der Waals surface area (Å²) in [5.74, 6) is 0.780. The fourth-order valence-electron chi connectivity index (χ4n) is 11.3. The molecule has 9 atom stereocenters. The summed E-state index contributed by atoms with van der Waals surface area (Å²) < 4.78 is 59.5. The van der Waals surface area contributed by atoms with Crippen molar-refractivity contribution in [2.75, 3.05) is 20.8 Å². The van der Waals surface area contributed by atoms with Gasteiger partial charge in [0.25, 0.3) is 0 Å². The van der Waals surface area contributed by atoms with E-state index in [0.717, 1.165) is 12.8 Å². The largest absolute Gasteiger partial charge is 0.497 e. The Balaban J connectivity index is 1.38. The second-order valence-corrected chi connectivity index (χ2v) is 22.6. The highest BCUT2D eigenvalue weighted by atomic mass is 31.2. The highest BCUT2D eigenvalue weighted by molar-refractivity contribution is 7.48. The van der Waals surface area contributed by atoms with E-state index < -0.39 is 80.7 Å². The third-order valence-corrected chi connectivity index (χ3v) is 16.9. The number of rotatable bonds is 23. The third-order valence-electron chi connectivity index (χ3n) is 15.5. The van der Waals surface area contributed by atoms with Gasteiger partial charge in [-0.1, -0.05) is 173 Å². The molecule has 2 aliphatic carbocycles. The summed E-state index contributed by atoms with van der Waals surface area (Å²) in [5, 5.41) is 57.9. The van der Waals surface area contributed by atoms with Gasteiger partial charge in [0.05, 0.1) is 33.5 Å². The topological polar surface area (TPSA) is 180 Å². The molecule has 3 unspecified atom stereocenters. The Kier molecular flexibility index (Phi) is 18.4. The maximum atomic E-state index is 16.0. The molecule has 76 heavy (non-hydrogen) atoms. The zero-order valence-electron chi connectivity index (χ0n) is 44.1. The Morgan fingerprint density at radius 2 is 0.947 bits per heavy atom. The van der Waals surface area contributed by atoms with Crippen LogP contribution in [-0.2, 0) is 71.3 Å². The van der Waals surface area contributed by atoms with E-state index in [0.29, 0.717) is 57.2 Å². The van der Waals surface area contributed by atoms with Crippen LogP contribution in [0.2, 0.25) is 0 Å². The second kappa shape index (κ2) is 24.7. The summed E-state index contributed by atoms with van der Waals surface area (Å²) in [6.07, 6.45) is -4.13. The van der Waals surface area contributed by atoms with Crippen LogP contribution in [0.15, 0.2) is 170 Å². The van der Waals surface area contributed by atoms with Crippen LogP contribution in [-0.4, -0.2) is 87.9 Å². The fourth-order valence-corrected chi connectivity index (χ4v) is 12.7. The highest BCUT2D eigenvalue weighted by Gasteiger charge is 2.80. The summed E-state index contributed by atoms with van der Waals surface area (Å²) >= 11 is 0. The Bertz CT molecular complexity index is 2760. The van der Waals surface area contributed by atoms with Crippen LogP contribution >= 0.6 is 7.82 Å². The smallest absolute Gasteiger partial charge is 0.475 e. The molecule has 0 heterocycles. The number of benzene rings is 6. The van der Waals surface area contributed by atoms with Crippen LogP contribution < -0.4 is 9.47 Å². The maximum Gasteiger partial charge on any atom is 0.475 e. The molecule has 404 valence electrons. The molecule has 2 fully saturated rings. The lowest BCUT2D eigenvalue weighted by atomic mass is 9.49. The molecule has 4 N–H and O–H groups in total. The molecule has 0 radical (unpaired) electrons. The molecule has 2 saturated carbocycles. The van der Waals surface area contributed by atoms with E-state index in [2.05, 4.69) is 20.8 Å².